The van der Waals surface area contributed by atoms with Gasteiger partial charge in [0, 0.05) is 31.7 Å². The number of rotatable bonds is 9. The van der Waals surface area contributed by atoms with Crippen LogP contribution in [-0.4, -0.2) is 112 Å². The van der Waals surface area contributed by atoms with Crippen molar-refractivity contribution in [3.63, 3.8) is 0 Å². The van der Waals surface area contributed by atoms with Gasteiger partial charge >= 0.3 is 5.97 Å². The Balaban J connectivity index is 2.67. The zero-order valence-corrected chi connectivity index (χ0v) is 33.6. The molecular weight excluding hydrogens is 686 g/mol. The number of fused-ring (bicyclic) bond motifs is 2. The summed E-state index contributed by atoms with van der Waals surface area (Å²) in [4.78, 5) is 111. The van der Waals surface area contributed by atoms with E-state index in [1.807, 2.05) is 13.8 Å². The maximum atomic E-state index is 14.1. The molecule has 2 saturated heterocycles. The number of hydrogen-bond acceptors (Lipinski definition) is 10. The van der Waals surface area contributed by atoms with E-state index in [1.165, 1.54) is 32.7 Å². The molecule has 300 valence electrons. The Kier molecular flexibility index (Phi) is 16.6. The van der Waals surface area contributed by atoms with Crippen molar-refractivity contribution in [3.8, 4) is 0 Å². The van der Waals surface area contributed by atoms with Crippen LogP contribution in [0, 0.1) is 35.5 Å². The molecule has 9 atom stereocenters. The van der Waals surface area contributed by atoms with E-state index in [1.54, 1.807) is 41.5 Å². The normalized spacial score (nSPS) is 29.4. The maximum absolute atomic E-state index is 14.1. The van der Waals surface area contributed by atoms with Crippen LogP contribution in [0.5, 0.6) is 0 Å². The van der Waals surface area contributed by atoms with Crippen molar-refractivity contribution in [2.75, 3.05) is 7.05 Å². The monoisotopic (exact) mass is 749 g/mol. The predicted octanol–water partition coefficient (Wildman–Crippen LogP) is 1.73. The molecule has 0 spiro atoms. The summed E-state index contributed by atoms with van der Waals surface area (Å²) in [6, 6.07) is -5.55. The third-order valence-electron chi connectivity index (χ3n) is 10.3. The van der Waals surface area contributed by atoms with E-state index in [0.717, 1.165) is 4.90 Å². The van der Waals surface area contributed by atoms with E-state index < -0.39 is 120 Å². The highest BCUT2D eigenvalue weighted by atomic mass is 16.5. The van der Waals surface area contributed by atoms with Crippen LogP contribution < -0.4 is 16.0 Å². The molecule has 0 unspecified atom stereocenters. The number of nitrogens with one attached hydrogen (secondary N) is 3. The minimum Gasteiger partial charge on any atom is -0.460 e. The fourth-order valence-corrected chi connectivity index (χ4v) is 6.59. The number of carbonyl (C=O) groups excluding carboxylic acids is 8. The van der Waals surface area contributed by atoms with Gasteiger partial charge in [0.25, 0.3) is 0 Å². The Labute approximate surface area is 314 Å². The second kappa shape index (κ2) is 19.4. The summed E-state index contributed by atoms with van der Waals surface area (Å²) in [5, 5.41) is 19.1. The molecule has 0 aliphatic carbocycles. The number of Topliss-reactive ketones (excluding diaryl/α,β-unsaturated/α-hetero) is 2. The van der Waals surface area contributed by atoms with Crippen molar-refractivity contribution >= 4 is 47.1 Å². The molecule has 2 bridgehead atoms. The van der Waals surface area contributed by atoms with Gasteiger partial charge in [-0.25, -0.2) is 4.79 Å². The van der Waals surface area contributed by atoms with Crippen LogP contribution in [-0.2, 0) is 43.1 Å². The van der Waals surface area contributed by atoms with Crippen LogP contribution in [0.15, 0.2) is 0 Å². The Morgan fingerprint density at radius 2 is 1.42 bits per heavy atom. The van der Waals surface area contributed by atoms with Crippen molar-refractivity contribution in [1.29, 1.82) is 0 Å². The number of carbonyl (C=O) groups is 8. The molecule has 0 saturated carbocycles. The number of ether oxygens (including phenoxy) is 1. The van der Waals surface area contributed by atoms with Crippen molar-refractivity contribution in [3.05, 3.63) is 0 Å². The molecule has 2 aliphatic rings. The smallest absolute Gasteiger partial charge is 0.329 e. The molecule has 5 amide bonds. The first-order valence-corrected chi connectivity index (χ1v) is 18.9. The van der Waals surface area contributed by atoms with E-state index in [-0.39, 0.29) is 37.5 Å². The summed E-state index contributed by atoms with van der Waals surface area (Å²) in [5.41, 5.74) is 0. The van der Waals surface area contributed by atoms with Crippen LogP contribution in [0.25, 0.3) is 0 Å². The topological polar surface area (TPSA) is 209 Å². The SMILES string of the molecule is CC(C)C[C@H]1C(=O)N(C)[C@@H](C)C(=O)N[C@@H](C(C)C)C(=O)O[C@H](C)[C@H](CC(=O)[C@H](C)NC(=O)C(C)C)C(=O)N[C@@H](C(C)C)C(=O)C[C@H]2CC[C@@H](O)N1C2=O. The molecular formula is C38H63N5O10. The zero-order valence-electron chi connectivity index (χ0n) is 33.6. The van der Waals surface area contributed by atoms with E-state index >= 15 is 0 Å². The molecule has 2 heterocycles. The van der Waals surface area contributed by atoms with Gasteiger partial charge in [-0.3, -0.25) is 33.6 Å². The number of hydrogen-bond donors (Lipinski definition) is 4. The van der Waals surface area contributed by atoms with Gasteiger partial charge in [0.1, 0.15) is 30.5 Å². The van der Waals surface area contributed by atoms with Crippen LogP contribution in [0.3, 0.4) is 0 Å². The first kappa shape index (κ1) is 45.3. The summed E-state index contributed by atoms with van der Waals surface area (Å²) in [6.07, 6.45) is -2.83. The molecule has 2 aliphatic heterocycles. The number of aliphatic hydroxyl groups excluding tert-OH is 1. The fourth-order valence-electron chi connectivity index (χ4n) is 6.59. The third-order valence-corrected chi connectivity index (χ3v) is 10.3. The third kappa shape index (κ3) is 11.8. The largest absolute Gasteiger partial charge is 0.460 e. The maximum Gasteiger partial charge on any atom is 0.329 e. The van der Waals surface area contributed by atoms with Gasteiger partial charge < -0.3 is 35.6 Å². The standard InChI is InChI=1S/C38H63N5O10/c1-18(2)15-27-37(51)42(12)23(10)34(48)41-32(20(5)6)38(52)53-24(11)26(17-28(44)22(9)39-33(47)21(7)8)35(49)40-31(19(3)4)29(45)16-25-13-14-30(46)43(27)36(25)50/h18-27,30-32,46H,13-17H2,1-12H3,(H,39,47)(H,40,49)(H,41,48)/t22-,23-,24+,25+,26-,27-,30+,31-,32-/m0/s1. The second-order valence-corrected chi connectivity index (χ2v) is 16.2. The van der Waals surface area contributed by atoms with Crippen molar-refractivity contribution in [1.82, 2.24) is 25.8 Å². The van der Waals surface area contributed by atoms with E-state index in [9.17, 15) is 43.5 Å². The lowest BCUT2D eigenvalue weighted by Gasteiger charge is -2.43. The molecule has 4 N–H and O–H groups in total. The van der Waals surface area contributed by atoms with Gasteiger partial charge in [0.15, 0.2) is 11.6 Å². The number of piperidine rings is 1. The average molecular weight is 750 g/mol. The molecule has 0 radical (unpaired) electrons. The lowest BCUT2D eigenvalue weighted by molar-refractivity contribution is -0.168. The number of likely N-dealkylation sites (N-methyl/N-ethyl adjacent to an activating group) is 1. The van der Waals surface area contributed by atoms with E-state index in [4.69, 9.17) is 4.74 Å². The first-order chi connectivity index (χ1) is 24.5. The Bertz CT molecular complexity index is 1380. The van der Waals surface area contributed by atoms with Gasteiger partial charge in [-0.15, -0.1) is 0 Å². The number of ketones is 2. The minimum absolute atomic E-state index is 0.0954. The molecule has 0 aromatic rings. The molecule has 53 heavy (non-hydrogen) atoms. The number of nitrogens with zero attached hydrogens (tertiary/aromatic N) is 2. The first-order valence-electron chi connectivity index (χ1n) is 18.9. The van der Waals surface area contributed by atoms with Gasteiger partial charge in [-0.05, 0) is 57.8 Å². The molecule has 2 rings (SSSR count). The van der Waals surface area contributed by atoms with Crippen LogP contribution in [0.2, 0.25) is 0 Å². The summed E-state index contributed by atoms with van der Waals surface area (Å²) in [5.74, 6) is -8.46. The Hall–Kier alpha value is -3.88. The molecule has 15 nitrogen and oxygen atoms in total. The van der Waals surface area contributed by atoms with Crippen molar-refractivity contribution in [2.45, 2.75) is 151 Å². The average Bonchev–Trinajstić information content (AvgIpc) is 3.06. The quantitative estimate of drug-likeness (QED) is 0.251. The van der Waals surface area contributed by atoms with Gasteiger partial charge in [0.2, 0.25) is 29.5 Å². The number of cyclic esters (lactones) is 1. The van der Waals surface area contributed by atoms with Gasteiger partial charge in [-0.2, -0.15) is 0 Å². The van der Waals surface area contributed by atoms with Gasteiger partial charge in [0.05, 0.1) is 18.0 Å². The van der Waals surface area contributed by atoms with Crippen molar-refractivity contribution in [2.24, 2.45) is 35.5 Å². The predicted molar refractivity (Wildman–Crippen MR) is 195 cm³/mol. The fraction of sp³-hybridized carbons (Fsp3) is 0.789. The van der Waals surface area contributed by atoms with Crippen LogP contribution >= 0.6 is 0 Å². The highest BCUT2D eigenvalue weighted by molar-refractivity contribution is 5.98. The summed E-state index contributed by atoms with van der Waals surface area (Å²) < 4.78 is 5.77. The molecule has 0 aromatic carbocycles. The van der Waals surface area contributed by atoms with Gasteiger partial charge in [-0.1, -0.05) is 55.4 Å². The molecule has 2 fully saturated rings. The number of amides is 5. The summed E-state index contributed by atoms with van der Waals surface area (Å²) in [6.45, 7) is 18.2. The minimum atomic E-state index is -1.30. The van der Waals surface area contributed by atoms with E-state index in [2.05, 4.69) is 16.0 Å². The molecule has 0 aromatic heterocycles. The summed E-state index contributed by atoms with van der Waals surface area (Å²) >= 11 is 0. The summed E-state index contributed by atoms with van der Waals surface area (Å²) in [7, 11) is 1.41. The second-order valence-electron chi connectivity index (χ2n) is 16.2. The Morgan fingerprint density at radius 1 is 0.849 bits per heavy atom. The van der Waals surface area contributed by atoms with Crippen LogP contribution in [0.1, 0.15) is 108 Å². The lowest BCUT2D eigenvalue weighted by atomic mass is 9.85. The van der Waals surface area contributed by atoms with Crippen molar-refractivity contribution < 1.29 is 48.2 Å². The van der Waals surface area contributed by atoms with Crippen LogP contribution in [0.4, 0.5) is 0 Å². The Morgan fingerprint density at radius 3 is 1.94 bits per heavy atom. The van der Waals surface area contributed by atoms with E-state index in [0.29, 0.717) is 0 Å². The lowest BCUT2D eigenvalue weighted by Crippen LogP contribution is -2.61. The highest BCUT2D eigenvalue weighted by Gasteiger charge is 2.45. The number of esters is 1. The molecule has 15 heteroatoms. The highest BCUT2D eigenvalue weighted by Crippen LogP contribution is 2.31. The number of aliphatic hydroxyl groups is 1. The zero-order chi connectivity index (χ0) is 40.6.